The molecule has 0 unspecified atom stereocenters. The Balaban J connectivity index is 2.29. The number of rotatable bonds is 2. The highest BCUT2D eigenvalue weighted by Gasteiger charge is 1.98. The molecule has 0 saturated heterocycles. The second-order valence-corrected chi connectivity index (χ2v) is 3.75. The van der Waals surface area contributed by atoms with E-state index >= 15 is 0 Å². The molecule has 2 aromatic rings. The van der Waals surface area contributed by atoms with E-state index in [0.717, 1.165) is 0 Å². The lowest BCUT2D eigenvalue weighted by Crippen LogP contribution is -1.99. The molecule has 0 bridgehead atoms. The molecule has 1 heterocycles. The van der Waals surface area contributed by atoms with Crippen molar-refractivity contribution in [3.8, 4) is 17.2 Å². The Bertz CT molecular complexity index is 638. The summed E-state index contributed by atoms with van der Waals surface area (Å²) in [6, 6.07) is 5.40. The minimum atomic E-state index is -0.479. The van der Waals surface area contributed by atoms with Crippen molar-refractivity contribution < 1.29 is 15.3 Å². The largest absolute Gasteiger partial charge is 0.508 e. The van der Waals surface area contributed by atoms with E-state index in [9.17, 15) is 15.0 Å². The first kappa shape index (κ1) is 11.8. The van der Waals surface area contributed by atoms with Crippen molar-refractivity contribution in [2.24, 2.45) is 0 Å². The molecule has 1 aromatic heterocycles. The van der Waals surface area contributed by atoms with Crippen LogP contribution in [0.4, 0.5) is 0 Å². The maximum atomic E-state index is 11.2. The molecule has 0 saturated carbocycles. The van der Waals surface area contributed by atoms with E-state index < -0.39 is 5.43 Å². The maximum absolute atomic E-state index is 11.2. The molecule has 18 heavy (non-hydrogen) atoms. The van der Waals surface area contributed by atoms with E-state index in [1.807, 2.05) is 0 Å². The van der Waals surface area contributed by atoms with Crippen LogP contribution in [0.3, 0.4) is 0 Å². The van der Waals surface area contributed by atoms with Crippen LogP contribution in [-0.4, -0.2) is 20.3 Å². The van der Waals surface area contributed by atoms with Gasteiger partial charge in [-0.1, -0.05) is 6.08 Å². The average Bonchev–Trinajstić information content (AvgIpc) is 2.29. The maximum Gasteiger partial charge on any atom is 0.223 e. The molecular formula is C13H11NO4. The number of aromatic amines is 1. The third-order valence-corrected chi connectivity index (χ3v) is 2.29. The number of H-pyrrole nitrogens is 1. The fourth-order valence-electron chi connectivity index (χ4n) is 1.48. The van der Waals surface area contributed by atoms with Crippen molar-refractivity contribution in [3.05, 3.63) is 51.9 Å². The van der Waals surface area contributed by atoms with Crippen LogP contribution in [0, 0.1) is 0 Å². The molecule has 0 spiro atoms. The molecule has 0 aliphatic rings. The van der Waals surface area contributed by atoms with Gasteiger partial charge in [-0.2, -0.15) is 0 Å². The summed E-state index contributed by atoms with van der Waals surface area (Å²) < 4.78 is 0. The molecule has 0 fully saturated rings. The van der Waals surface area contributed by atoms with Gasteiger partial charge in [-0.15, -0.1) is 0 Å². The Labute approximate surface area is 102 Å². The molecule has 5 nitrogen and oxygen atoms in total. The number of nitrogens with one attached hydrogen (secondary N) is 1. The summed E-state index contributed by atoms with van der Waals surface area (Å²) in [5.74, 6) is -0.440. The summed E-state index contributed by atoms with van der Waals surface area (Å²) in [6.07, 6.45) is 4.40. The molecule has 0 radical (unpaired) electrons. The van der Waals surface area contributed by atoms with Crippen LogP contribution in [0.25, 0.3) is 12.2 Å². The van der Waals surface area contributed by atoms with Crippen LogP contribution in [0.15, 0.2) is 35.3 Å². The van der Waals surface area contributed by atoms with E-state index in [0.29, 0.717) is 11.3 Å². The molecule has 2 rings (SSSR count). The highest BCUT2D eigenvalue weighted by Crippen LogP contribution is 2.21. The summed E-state index contributed by atoms with van der Waals surface area (Å²) in [5, 5.41) is 27.6. The quantitative estimate of drug-likeness (QED) is 0.647. The smallest absolute Gasteiger partial charge is 0.223 e. The van der Waals surface area contributed by atoms with Gasteiger partial charge in [0.2, 0.25) is 5.43 Å². The third-order valence-electron chi connectivity index (χ3n) is 2.29. The zero-order valence-electron chi connectivity index (χ0n) is 9.29. The lowest BCUT2D eigenvalue weighted by Gasteiger charge is -1.98. The number of hydrogen-bond acceptors (Lipinski definition) is 4. The van der Waals surface area contributed by atoms with Gasteiger partial charge in [0.25, 0.3) is 0 Å². The molecule has 92 valence electrons. The van der Waals surface area contributed by atoms with Gasteiger partial charge in [-0.05, 0) is 23.8 Å². The van der Waals surface area contributed by atoms with Crippen LogP contribution in [0.5, 0.6) is 17.2 Å². The number of phenols is 2. The number of aromatic nitrogens is 1. The fourth-order valence-corrected chi connectivity index (χ4v) is 1.48. The van der Waals surface area contributed by atoms with Crippen molar-refractivity contribution in [1.29, 1.82) is 0 Å². The second kappa shape index (κ2) is 4.67. The minimum Gasteiger partial charge on any atom is -0.508 e. The van der Waals surface area contributed by atoms with Crippen LogP contribution >= 0.6 is 0 Å². The van der Waals surface area contributed by atoms with E-state index in [1.54, 1.807) is 12.2 Å². The molecule has 4 N–H and O–H groups in total. The number of hydrogen-bond donors (Lipinski definition) is 4. The van der Waals surface area contributed by atoms with Crippen LogP contribution in [-0.2, 0) is 0 Å². The van der Waals surface area contributed by atoms with Crippen molar-refractivity contribution in [2.45, 2.75) is 0 Å². The van der Waals surface area contributed by atoms with Crippen molar-refractivity contribution in [1.82, 2.24) is 4.98 Å². The molecular weight excluding hydrogens is 234 g/mol. The lowest BCUT2D eigenvalue weighted by molar-refractivity contribution is 0.450. The Kier molecular flexibility index (Phi) is 3.05. The molecule has 0 aliphatic carbocycles. The van der Waals surface area contributed by atoms with E-state index in [4.69, 9.17) is 5.11 Å². The second-order valence-electron chi connectivity index (χ2n) is 3.75. The Morgan fingerprint density at radius 1 is 0.944 bits per heavy atom. The molecule has 0 amide bonds. The Morgan fingerprint density at radius 2 is 1.61 bits per heavy atom. The average molecular weight is 245 g/mol. The first-order valence-electron chi connectivity index (χ1n) is 5.17. The van der Waals surface area contributed by atoms with Crippen molar-refractivity contribution in [2.75, 3.05) is 0 Å². The summed E-state index contributed by atoms with van der Waals surface area (Å²) in [7, 11) is 0. The SMILES string of the molecule is O=c1cc(/C=C/c2cc(O)cc(O)c2)[nH]cc1O. The number of aromatic hydroxyl groups is 3. The highest BCUT2D eigenvalue weighted by atomic mass is 16.3. The topological polar surface area (TPSA) is 93.5 Å². The lowest BCUT2D eigenvalue weighted by atomic mass is 10.1. The number of benzene rings is 1. The van der Waals surface area contributed by atoms with Gasteiger partial charge in [0, 0.05) is 24.0 Å². The van der Waals surface area contributed by atoms with Gasteiger partial charge in [-0.3, -0.25) is 4.79 Å². The highest BCUT2D eigenvalue weighted by molar-refractivity contribution is 5.69. The zero-order chi connectivity index (χ0) is 13.1. The van der Waals surface area contributed by atoms with Gasteiger partial charge in [0.05, 0.1) is 0 Å². The fraction of sp³-hybridized carbons (Fsp3) is 0. The van der Waals surface area contributed by atoms with Gasteiger partial charge in [0.15, 0.2) is 5.75 Å². The number of phenolic OH excluding ortho intramolecular Hbond substituents is 2. The summed E-state index contributed by atoms with van der Waals surface area (Å²) in [5.41, 5.74) is 0.606. The van der Waals surface area contributed by atoms with Crippen molar-refractivity contribution in [3.63, 3.8) is 0 Å². The van der Waals surface area contributed by atoms with Gasteiger partial charge < -0.3 is 20.3 Å². The summed E-state index contributed by atoms with van der Waals surface area (Å²) in [6.45, 7) is 0. The van der Waals surface area contributed by atoms with Gasteiger partial charge >= 0.3 is 0 Å². The summed E-state index contributed by atoms with van der Waals surface area (Å²) in [4.78, 5) is 13.9. The van der Waals surface area contributed by atoms with Crippen LogP contribution < -0.4 is 5.43 Å². The van der Waals surface area contributed by atoms with E-state index in [2.05, 4.69) is 4.98 Å². The molecule has 0 atom stereocenters. The van der Waals surface area contributed by atoms with Crippen molar-refractivity contribution >= 4 is 12.2 Å². The Hall–Kier alpha value is -2.69. The van der Waals surface area contributed by atoms with E-state index in [1.165, 1.54) is 30.5 Å². The molecule has 5 heteroatoms. The van der Waals surface area contributed by atoms with Gasteiger partial charge in [-0.25, -0.2) is 0 Å². The molecule has 0 aliphatic heterocycles. The molecule has 1 aromatic carbocycles. The third kappa shape index (κ3) is 2.70. The van der Waals surface area contributed by atoms with E-state index in [-0.39, 0.29) is 17.2 Å². The first-order chi connectivity index (χ1) is 8.54. The predicted molar refractivity (Wildman–Crippen MR) is 67.4 cm³/mol. The van der Waals surface area contributed by atoms with Gasteiger partial charge in [0.1, 0.15) is 11.5 Å². The first-order valence-corrected chi connectivity index (χ1v) is 5.17. The number of pyridine rings is 1. The minimum absolute atomic E-state index is 0.0474. The normalized spacial score (nSPS) is 10.9. The summed E-state index contributed by atoms with van der Waals surface area (Å²) >= 11 is 0. The van der Waals surface area contributed by atoms with Crippen LogP contribution in [0.1, 0.15) is 11.3 Å². The Morgan fingerprint density at radius 3 is 2.22 bits per heavy atom. The standard InChI is InChI=1S/C13H11NO4/c15-10-3-8(4-11(16)6-10)1-2-9-5-12(17)13(18)7-14-9/h1-7,15-16,18H,(H,14,17)/b2-1+. The monoisotopic (exact) mass is 245 g/mol. The zero-order valence-corrected chi connectivity index (χ0v) is 9.29. The van der Waals surface area contributed by atoms with Crippen LogP contribution in [0.2, 0.25) is 0 Å². The predicted octanol–water partition coefficient (Wildman–Crippen LogP) is 1.66.